The van der Waals surface area contributed by atoms with Crippen LogP contribution in [0.3, 0.4) is 0 Å². The van der Waals surface area contributed by atoms with E-state index in [1.165, 1.54) is 84.9 Å². The zero-order valence-electron chi connectivity index (χ0n) is 33.4. The van der Waals surface area contributed by atoms with Crippen molar-refractivity contribution < 1.29 is 0 Å². The lowest BCUT2D eigenvalue weighted by atomic mass is 9.82. The first-order valence-corrected chi connectivity index (χ1v) is 22.5. The van der Waals surface area contributed by atoms with Gasteiger partial charge in [-0.2, -0.15) is 0 Å². The van der Waals surface area contributed by atoms with Crippen molar-refractivity contribution >= 4 is 96.0 Å². The predicted molar refractivity (Wildman–Crippen MR) is 262 cm³/mol. The average molecular weight is 864 g/mol. The van der Waals surface area contributed by atoms with Gasteiger partial charge in [-0.1, -0.05) is 141 Å². The Kier molecular flexibility index (Phi) is 9.24. The number of rotatable bonds is 2. The molecule has 2 aromatic heterocycles. The summed E-state index contributed by atoms with van der Waals surface area (Å²) in [7, 11) is 0. The van der Waals surface area contributed by atoms with Crippen LogP contribution in [0.4, 0.5) is 17.1 Å². The topological polar surface area (TPSA) is 38.0 Å². The molecular formula is C54H43BrN2S2. The van der Waals surface area contributed by atoms with E-state index in [1.807, 2.05) is 28.7 Å². The van der Waals surface area contributed by atoms with Gasteiger partial charge in [0.15, 0.2) is 0 Å². The van der Waals surface area contributed by atoms with Crippen molar-refractivity contribution in [3.63, 3.8) is 0 Å². The van der Waals surface area contributed by atoms with E-state index in [9.17, 15) is 0 Å². The van der Waals surface area contributed by atoms with Gasteiger partial charge in [-0.25, -0.2) is 0 Å². The number of thiophene rings is 2. The third kappa shape index (κ3) is 6.53. The van der Waals surface area contributed by atoms with Crippen LogP contribution in [-0.4, -0.2) is 0 Å². The van der Waals surface area contributed by atoms with Crippen molar-refractivity contribution in [3.8, 4) is 22.3 Å². The second-order valence-corrected chi connectivity index (χ2v) is 19.7. The molecule has 0 atom stereocenters. The molecule has 0 saturated carbocycles. The lowest BCUT2D eigenvalue weighted by molar-refractivity contribution is 0.660. The highest BCUT2D eigenvalue weighted by molar-refractivity contribution is 9.10. The molecule has 0 unspecified atom stereocenters. The molecule has 288 valence electrons. The van der Waals surface area contributed by atoms with Crippen LogP contribution in [0.5, 0.6) is 0 Å². The highest BCUT2D eigenvalue weighted by atomic mass is 79.9. The summed E-state index contributed by atoms with van der Waals surface area (Å²) in [4.78, 5) is 0. The van der Waals surface area contributed by atoms with Crippen LogP contribution >= 0.6 is 38.6 Å². The Labute approximate surface area is 362 Å². The molecule has 2 aliphatic carbocycles. The number of nitrogen functional groups attached to an aromatic ring is 1. The Hall–Kier alpha value is -5.72. The first kappa shape index (κ1) is 37.5. The molecule has 0 aliphatic heterocycles. The van der Waals surface area contributed by atoms with E-state index in [4.69, 9.17) is 5.73 Å². The summed E-state index contributed by atoms with van der Waals surface area (Å²) in [5.41, 5.74) is 20.1. The Morgan fingerprint density at radius 2 is 0.847 bits per heavy atom. The van der Waals surface area contributed by atoms with Gasteiger partial charge in [0.1, 0.15) is 0 Å². The number of anilines is 3. The minimum Gasteiger partial charge on any atom is -0.399 e. The fourth-order valence-corrected chi connectivity index (χ4v) is 11.7. The monoisotopic (exact) mass is 862 g/mol. The van der Waals surface area contributed by atoms with E-state index in [1.54, 1.807) is 0 Å². The Balaban J connectivity index is 0.000000118. The Morgan fingerprint density at radius 3 is 1.47 bits per heavy atom. The minimum absolute atomic E-state index is 0.0545. The zero-order chi connectivity index (χ0) is 40.5. The maximum atomic E-state index is 5.88. The minimum atomic E-state index is 0.0545. The maximum Gasteiger partial charge on any atom is 0.0391 e. The van der Waals surface area contributed by atoms with Gasteiger partial charge in [0.05, 0.1) is 0 Å². The summed E-state index contributed by atoms with van der Waals surface area (Å²) >= 11 is 7.21. The van der Waals surface area contributed by atoms with Crippen molar-refractivity contribution in [2.45, 2.75) is 38.5 Å². The summed E-state index contributed by atoms with van der Waals surface area (Å²) in [5, 5.41) is 9.00. The van der Waals surface area contributed by atoms with Crippen molar-refractivity contribution in [2.24, 2.45) is 0 Å². The number of benzene rings is 8. The number of hydrogen-bond donors (Lipinski definition) is 2. The highest BCUT2D eigenvalue weighted by Gasteiger charge is 2.36. The number of halogens is 1. The second kappa shape index (κ2) is 14.5. The van der Waals surface area contributed by atoms with Gasteiger partial charge >= 0.3 is 0 Å². The predicted octanol–water partition coefficient (Wildman–Crippen LogP) is 16.5. The third-order valence-electron chi connectivity index (χ3n) is 12.2. The van der Waals surface area contributed by atoms with Crippen LogP contribution in [0, 0.1) is 0 Å². The summed E-state index contributed by atoms with van der Waals surface area (Å²) in [6.07, 6.45) is 0. The summed E-state index contributed by atoms with van der Waals surface area (Å²) in [6.45, 7) is 9.18. The Bertz CT molecular complexity index is 3240. The van der Waals surface area contributed by atoms with Crippen LogP contribution in [0.25, 0.3) is 62.6 Å². The molecule has 3 N–H and O–H groups in total. The largest absolute Gasteiger partial charge is 0.399 e. The average Bonchev–Trinajstić information content (AvgIpc) is 3.93. The van der Waals surface area contributed by atoms with Crippen molar-refractivity contribution in [1.82, 2.24) is 0 Å². The molecule has 0 fully saturated rings. The van der Waals surface area contributed by atoms with E-state index in [0.717, 1.165) is 21.5 Å². The molecular weight excluding hydrogens is 821 g/mol. The van der Waals surface area contributed by atoms with E-state index < -0.39 is 0 Å². The maximum absolute atomic E-state index is 5.88. The van der Waals surface area contributed by atoms with Gasteiger partial charge in [0.25, 0.3) is 0 Å². The fraction of sp³-hybridized carbons (Fsp3) is 0.111. The molecule has 59 heavy (non-hydrogen) atoms. The van der Waals surface area contributed by atoms with E-state index in [2.05, 4.69) is 213 Å². The molecule has 5 heteroatoms. The van der Waals surface area contributed by atoms with Crippen LogP contribution in [-0.2, 0) is 10.8 Å². The van der Waals surface area contributed by atoms with Crippen LogP contribution < -0.4 is 11.1 Å². The van der Waals surface area contributed by atoms with Crippen LogP contribution in [0.1, 0.15) is 49.9 Å². The normalized spacial score (nSPS) is 13.8. The van der Waals surface area contributed by atoms with Gasteiger partial charge in [0.2, 0.25) is 0 Å². The molecule has 12 rings (SSSR count). The molecule has 8 aromatic carbocycles. The molecule has 2 aliphatic rings. The summed E-state index contributed by atoms with van der Waals surface area (Å²) in [6, 6.07) is 60.8. The number of nitrogens with one attached hydrogen (secondary N) is 1. The quantitative estimate of drug-likeness (QED) is 0.170. The molecule has 0 amide bonds. The summed E-state index contributed by atoms with van der Waals surface area (Å²) < 4.78 is 6.54. The number of fused-ring (bicyclic) bond motifs is 12. The molecule has 2 nitrogen and oxygen atoms in total. The third-order valence-corrected chi connectivity index (χ3v) is 15.0. The van der Waals surface area contributed by atoms with Crippen molar-refractivity contribution in [3.05, 3.63) is 197 Å². The fourth-order valence-electron chi connectivity index (χ4n) is 9.20. The lowest BCUT2D eigenvalue weighted by Gasteiger charge is -2.21. The molecule has 0 radical (unpaired) electrons. The first-order chi connectivity index (χ1) is 28.6. The Morgan fingerprint density at radius 1 is 0.407 bits per heavy atom. The molecule has 2 heterocycles. The van der Waals surface area contributed by atoms with Crippen molar-refractivity contribution in [1.29, 1.82) is 0 Å². The van der Waals surface area contributed by atoms with Crippen molar-refractivity contribution in [2.75, 3.05) is 11.1 Å². The van der Waals surface area contributed by atoms with Gasteiger partial charge in [0, 0.05) is 72.7 Å². The molecule has 10 aromatic rings. The molecule has 0 bridgehead atoms. The lowest BCUT2D eigenvalue weighted by Crippen LogP contribution is -2.14. The smallest absolute Gasteiger partial charge is 0.0391 e. The van der Waals surface area contributed by atoms with Gasteiger partial charge in [-0.05, 0) is 117 Å². The van der Waals surface area contributed by atoms with Crippen LogP contribution in [0.2, 0.25) is 0 Å². The second-order valence-electron chi connectivity index (χ2n) is 16.6. The standard InChI is InChI=1S/C27H21NS.C15H15N.C12H7BrS/c1-27(2)23-9-5-3-7-19(23)21-15-17(11-13-24(21)27)28-18-12-14-26-22(16-18)20-8-4-6-10-25(20)29-26;1-15(2)13-6-4-3-5-11(13)12-9-10(16)7-8-14(12)15;13-8-5-6-12-10(7-8)9-3-1-2-4-11(9)14-12/h3-16,28H,1-2H3;3-9H,16H2,1-2H3;1-7H. The first-order valence-electron chi connectivity index (χ1n) is 20.1. The molecule has 0 spiro atoms. The SMILES string of the molecule is Brc1ccc2sc3ccccc3c2c1.CC1(C)c2ccccc2-c2cc(N)ccc21.CC1(C)c2ccccc2-c2cc(Nc3ccc4sc5ccccc5c4c3)ccc21. The van der Waals surface area contributed by atoms with Crippen LogP contribution in [0.15, 0.2) is 174 Å². The zero-order valence-corrected chi connectivity index (χ0v) is 36.7. The van der Waals surface area contributed by atoms with E-state index in [-0.39, 0.29) is 10.8 Å². The number of hydrogen-bond acceptors (Lipinski definition) is 4. The highest BCUT2D eigenvalue weighted by Crippen LogP contribution is 2.50. The summed E-state index contributed by atoms with van der Waals surface area (Å²) in [5.74, 6) is 0. The van der Waals surface area contributed by atoms with E-state index >= 15 is 0 Å². The van der Waals surface area contributed by atoms with Gasteiger partial charge in [-0.15, -0.1) is 22.7 Å². The number of nitrogens with two attached hydrogens (primary N) is 1. The van der Waals surface area contributed by atoms with Gasteiger partial charge in [-0.3, -0.25) is 0 Å². The van der Waals surface area contributed by atoms with E-state index in [0.29, 0.717) is 0 Å². The van der Waals surface area contributed by atoms with Gasteiger partial charge < -0.3 is 11.1 Å². The molecule has 0 saturated heterocycles.